The maximum Gasteiger partial charge on any atom is 0.316 e. The van der Waals surface area contributed by atoms with Crippen LogP contribution in [0.25, 0.3) is 0 Å². The molecule has 0 radical (unpaired) electrons. The van der Waals surface area contributed by atoms with Crippen molar-refractivity contribution in [3.8, 4) is 5.75 Å². The third kappa shape index (κ3) is 4.40. The molecule has 0 saturated carbocycles. The number of carbonyl (C=O) groups excluding carboxylic acids is 1. The molecule has 0 heterocycles. The molecule has 0 aliphatic carbocycles. The van der Waals surface area contributed by atoms with Crippen molar-refractivity contribution in [1.82, 2.24) is 0 Å². The van der Waals surface area contributed by atoms with Crippen LogP contribution in [-0.2, 0) is 16.1 Å². The Kier molecular flexibility index (Phi) is 5.02. The van der Waals surface area contributed by atoms with Crippen LogP contribution in [0.2, 0.25) is 0 Å². The normalized spacial score (nSPS) is 11.3. The molecule has 3 nitrogen and oxygen atoms in total. The zero-order valence-corrected chi connectivity index (χ0v) is 11.3. The Bertz CT molecular complexity index is 382. The molecule has 94 valence electrons. The van der Waals surface area contributed by atoms with E-state index in [0.717, 1.165) is 5.56 Å². The molecule has 0 unspecified atom stereocenters. The molecule has 0 aliphatic heterocycles. The molecule has 0 atom stereocenters. The molecule has 0 N–H and O–H groups in total. The summed E-state index contributed by atoms with van der Waals surface area (Å²) in [5, 5.41) is 0. The lowest BCUT2D eigenvalue weighted by Gasteiger charge is -2.17. The van der Waals surface area contributed by atoms with E-state index in [2.05, 4.69) is 12.6 Å². The van der Waals surface area contributed by atoms with Crippen LogP contribution in [0, 0.1) is 5.41 Å². The summed E-state index contributed by atoms with van der Waals surface area (Å²) in [5.74, 6) is 0.631. The van der Waals surface area contributed by atoms with Crippen LogP contribution in [0.5, 0.6) is 5.75 Å². The summed E-state index contributed by atoms with van der Waals surface area (Å²) in [6, 6.07) is 7.34. The van der Waals surface area contributed by atoms with E-state index in [1.165, 1.54) is 0 Å². The van der Waals surface area contributed by atoms with E-state index in [9.17, 15) is 4.79 Å². The third-order valence-electron chi connectivity index (χ3n) is 2.14. The third-order valence-corrected chi connectivity index (χ3v) is 2.32. The Balaban J connectivity index is 2.80. The highest BCUT2D eigenvalue weighted by atomic mass is 32.1. The van der Waals surface area contributed by atoms with Gasteiger partial charge in [0.1, 0.15) is 5.75 Å². The van der Waals surface area contributed by atoms with Gasteiger partial charge in [0, 0.05) is 5.56 Å². The average Bonchev–Trinajstić information content (AvgIpc) is 2.26. The molecule has 17 heavy (non-hydrogen) atoms. The van der Waals surface area contributed by atoms with Crippen LogP contribution in [-0.4, -0.2) is 11.9 Å². The number of hydrogen-bond acceptors (Lipinski definition) is 4. The van der Waals surface area contributed by atoms with Gasteiger partial charge in [-0.05, 0) is 26.8 Å². The molecule has 0 aromatic heterocycles. The lowest BCUT2D eigenvalue weighted by Crippen LogP contribution is -2.26. The van der Waals surface area contributed by atoms with Crippen molar-refractivity contribution >= 4 is 18.6 Å². The van der Waals surface area contributed by atoms with E-state index in [0.29, 0.717) is 18.3 Å². The first-order valence-electron chi connectivity index (χ1n) is 5.44. The molecule has 4 heteroatoms. The summed E-state index contributed by atoms with van der Waals surface area (Å²) in [7, 11) is 0. The van der Waals surface area contributed by atoms with Gasteiger partial charge in [-0.2, -0.15) is 12.6 Å². The van der Waals surface area contributed by atoms with Crippen LogP contribution in [0.3, 0.4) is 0 Å². The number of hydrogen-bond donors (Lipinski definition) is 1. The molecule has 1 aromatic carbocycles. The predicted molar refractivity (Wildman–Crippen MR) is 70.2 cm³/mol. The number of benzene rings is 1. The quantitative estimate of drug-likeness (QED) is 0.388. The van der Waals surface area contributed by atoms with Gasteiger partial charge >= 0.3 is 5.97 Å². The molecule has 1 rings (SSSR count). The Morgan fingerprint density at radius 2 is 1.94 bits per heavy atom. The lowest BCUT2D eigenvalue weighted by atomic mass is 9.97. The van der Waals surface area contributed by atoms with Crippen molar-refractivity contribution < 1.29 is 14.3 Å². The fourth-order valence-electron chi connectivity index (χ4n) is 1.13. The predicted octanol–water partition coefficient (Wildman–Crippen LogP) is 3.04. The Morgan fingerprint density at radius 1 is 1.29 bits per heavy atom. The van der Waals surface area contributed by atoms with Crippen molar-refractivity contribution in [1.29, 1.82) is 0 Å². The van der Waals surface area contributed by atoms with Crippen molar-refractivity contribution in [2.75, 3.05) is 5.94 Å². The molecule has 0 spiro atoms. The topological polar surface area (TPSA) is 35.5 Å². The summed E-state index contributed by atoms with van der Waals surface area (Å²) in [5.41, 5.74) is 0.330. The standard InChI is InChI=1S/C13H18O3S/c1-13(2,3)12(14)16-11-7-5-4-6-10(11)8-15-9-17/h4-7,17H,8-9H2,1-3H3. The number of ether oxygens (including phenoxy) is 2. The summed E-state index contributed by atoms with van der Waals surface area (Å²) < 4.78 is 10.6. The van der Waals surface area contributed by atoms with Crippen LogP contribution in [0.4, 0.5) is 0 Å². The lowest BCUT2D eigenvalue weighted by molar-refractivity contribution is -0.143. The number of rotatable bonds is 4. The molecule has 0 fully saturated rings. The van der Waals surface area contributed by atoms with Crippen molar-refractivity contribution in [2.24, 2.45) is 5.41 Å². The smallest absolute Gasteiger partial charge is 0.316 e. The second-order valence-corrected chi connectivity index (χ2v) is 4.98. The number of para-hydroxylation sites is 1. The van der Waals surface area contributed by atoms with Crippen LogP contribution < -0.4 is 4.74 Å². The van der Waals surface area contributed by atoms with E-state index < -0.39 is 5.41 Å². The Morgan fingerprint density at radius 3 is 2.53 bits per heavy atom. The maximum atomic E-state index is 11.8. The minimum atomic E-state index is -0.516. The number of thiol groups is 1. The van der Waals surface area contributed by atoms with Gasteiger partial charge in [0.2, 0.25) is 0 Å². The zero-order valence-electron chi connectivity index (χ0n) is 10.4. The number of esters is 1. The summed E-state index contributed by atoms with van der Waals surface area (Å²) in [4.78, 5) is 11.8. The van der Waals surface area contributed by atoms with E-state index in [1.807, 2.05) is 39.0 Å². The first kappa shape index (κ1) is 14.1. The van der Waals surface area contributed by atoms with Crippen LogP contribution >= 0.6 is 12.6 Å². The summed E-state index contributed by atoms with van der Waals surface area (Å²) in [6.45, 7) is 5.85. The fourth-order valence-corrected chi connectivity index (χ4v) is 1.22. The minimum absolute atomic E-state index is 0.254. The average molecular weight is 254 g/mol. The molecule has 0 bridgehead atoms. The van der Waals surface area contributed by atoms with E-state index in [4.69, 9.17) is 9.47 Å². The van der Waals surface area contributed by atoms with E-state index >= 15 is 0 Å². The highest BCUT2D eigenvalue weighted by Gasteiger charge is 2.24. The van der Waals surface area contributed by atoms with E-state index in [1.54, 1.807) is 6.07 Å². The monoisotopic (exact) mass is 254 g/mol. The van der Waals surface area contributed by atoms with Gasteiger partial charge in [-0.3, -0.25) is 4.79 Å². The van der Waals surface area contributed by atoms with Gasteiger partial charge in [-0.1, -0.05) is 18.2 Å². The van der Waals surface area contributed by atoms with Gasteiger partial charge in [0.05, 0.1) is 18.0 Å². The van der Waals surface area contributed by atoms with Gasteiger partial charge in [0.15, 0.2) is 0 Å². The minimum Gasteiger partial charge on any atom is -0.426 e. The fraction of sp³-hybridized carbons (Fsp3) is 0.462. The summed E-state index contributed by atoms with van der Waals surface area (Å²) in [6.07, 6.45) is 0. The van der Waals surface area contributed by atoms with Crippen LogP contribution in [0.15, 0.2) is 24.3 Å². The van der Waals surface area contributed by atoms with Gasteiger partial charge < -0.3 is 9.47 Å². The highest BCUT2D eigenvalue weighted by Crippen LogP contribution is 2.23. The molecular weight excluding hydrogens is 236 g/mol. The van der Waals surface area contributed by atoms with Gasteiger partial charge in [0.25, 0.3) is 0 Å². The molecule has 0 amide bonds. The second-order valence-electron chi connectivity index (χ2n) is 4.72. The molecule has 1 aromatic rings. The van der Waals surface area contributed by atoms with Crippen LogP contribution in [0.1, 0.15) is 26.3 Å². The Labute approximate surface area is 108 Å². The van der Waals surface area contributed by atoms with Gasteiger partial charge in [-0.25, -0.2) is 0 Å². The van der Waals surface area contributed by atoms with Crippen molar-refractivity contribution in [3.05, 3.63) is 29.8 Å². The zero-order chi connectivity index (χ0) is 12.9. The first-order chi connectivity index (χ1) is 7.95. The van der Waals surface area contributed by atoms with E-state index in [-0.39, 0.29) is 5.97 Å². The molecule has 0 aliphatic rings. The SMILES string of the molecule is CC(C)(C)C(=O)Oc1ccccc1COCS. The highest BCUT2D eigenvalue weighted by molar-refractivity contribution is 7.80. The van der Waals surface area contributed by atoms with Gasteiger partial charge in [-0.15, -0.1) is 0 Å². The molecular formula is C13H18O3S. The van der Waals surface area contributed by atoms with Crippen molar-refractivity contribution in [3.63, 3.8) is 0 Å². The molecule has 0 saturated heterocycles. The second kappa shape index (κ2) is 6.07. The summed E-state index contributed by atoms with van der Waals surface area (Å²) >= 11 is 3.97. The Hall–Kier alpha value is -1.00. The largest absolute Gasteiger partial charge is 0.426 e. The first-order valence-corrected chi connectivity index (χ1v) is 6.07. The maximum absolute atomic E-state index is 11.8. The van der Waals surface area contributed by atoms with Crippen molar-refractivity contribution in [2.45, 2.75) is 27.4 Å². The number of carbonyl (C=O) groups is 1.